The molecule has 24 heavy (non-hydrogen) atoms. The molecule has 0 aromatic heterocycles. The molecule has 1 aromatic carbocycles. The van der Waals surface area contributed by atoms with Crippen LogP contribution in [0.1, 0.15) is 12.5 Å². The highest BCUT2D eigenvalue weighted by atomic mass is 16.6. The highest BCUT2D eigenvalue weighted by molar-refractivity contribution is 6.20. The number of esters is 1. The Kier molecular flexibility index (Phi) is 3.10. The monoisotopic (exact) mass is 320 g/mol. The maximum absolute atomic E-state index is 12.3. The van der Waals surface area contributed by atoms with Crippen molar-refractivity contribution in [1.29, 1.82) is 0 Å². The van der Waals surface area contributed by atoms with E-state index < -0.39 is 11.6 Å². The van der Waals surface area contributed by atoms with E-state index in [-0.39, 0.29) is 17.3 Å². The summed E-state index contributed by atoms with van der Waals surface area (Å²) < 4.78 is 11.0. The highest BCUT2D eigenvalue weighted by Crippen LogP contribution is 2.49. The minimum atomic E-state index is -1.02. The van der Waals surface area contributed by atoms with Crippen LogP contribution in [0.15, 0.2) is 65.8 Å². The van der Waals surface area contributed by atoms with Gasteiger partial charge in [-0.3, -0.25) is 4.79 Å². The molecule has 0 saturated heterocycles. The summed E-state index contributed by atoms with van der Waals surface area (Å²) in [5.41, 5.74) is 1.55. The minimum absolute atomic E-state index is 0.109. The number of hydrogen-bond donors (Lipinski definition) is 0. The third kappa shape index (κ3) is 1.92. The molecule has 4 nitrogen and oxygen atoms in total. The first-order chi connectivity index (χ1) is 11.5. The molecular weight excluding hydrogens is 304 g/mol. The van der Waals surface area contributed by atoms with E-state index in [4.69, 9.17) is 9.47 Å². The molecule has 120 valence electrons. The van der Waals surface area contributed by atoms with Gasteiger partial charge in [-0.2, -0.15) is 0 Å². The van der Waals surface area contributed by atoms with E-state index in [9.17, 15) is 9.59 Å². The van der Waals surface area contributed by atoms with E-state index >= 15 is 0 Å². The van der Waals surface area contributed by atoms with Crippen LogP contribution in [0.25, 0.3) is 5.57 Å². The van der Waals surface area contributed by atoms with Gasteiger partial charge in [-0.05, 0) is 30.7 Å². The fourth-order valence-electron chi connectivity index (χ4n) is 3.53. The van der Waals surface area contributed by atoms with E-state index in [1.54, 1.807) is 7.11 Å². The van der Waals surface area contributed by atoms with Crippen molar-refractivity contribution in [2.24, 2.45) is 5.92 Å². The number of hydrogen-bond acceptors (Lipinski definition) is 4. The molecule has 2 bridgehead atoms. The van der Waals surface area contributed by atoms with Crippen molar-refractivity contribution in [2.75, 3.05) is 7.11 Å². The van der Waals surface area contributed by atoms with Gasteiger partial charge < -0.3 is 9.47 Å². The van der Waals surface area contributed by atoms with Crippen molar-refractivity contribution in [1.82, 2.24) is 0 Å². The largest absolute Gasteiger partial charge is 0.497 e. The third-order valence-corrected chi connectivity index (χ3v) is 4.68. The van der Waals surface area contributed by atoms with Crippen LogP contribution in [0.3, 0.4) is 0 Å². The van der Waals surface area contributed by atoms with Gasteiger partial charge in [0.1, 0.15) is 11.3 Å². The van der Waals surface area contributed by atoms with Crippen molar-refractivity contribution < 1.29 is 19.1 Å². The Hall–Kier alpha value is -2.88. The van der Waals surface area contributed by atoms with Gasteiger partial charge in [-0.1, -0.05) is 36.4 Å². The average molecular weight is 320 g/mol. The number of ether oxygens (including phenoxy) is 2. The summed E-state index contributed by atoms with van der Waals surface area (Å²) in [5, 5.41) is 0. The molecule has 0 fully saturated rings. The number of Topliss-reactive ketones (excluding diaryl/α,β-unsaturated/α-hetero) is 1. The molecule has 4 aliphatic rings. The van der Waals surface area contributed by atoms with Crippen LogP contribution < -0.4 is 4.74 Å². The Bertz CT molecular complexity index is 867. The SMILES string of the molecule is COc1ccc(C2=C[C@H]3C=CC4=C(C(C)=O)C(=O)O[C@@]24C=C3)cc1. The quantitative estimate of drug-likeness (QED) is 0.488. The third-order valence-electron chi connectivity index (χ3n) is 4.68. The second-order valence-electron chi connectivity index (χ2n) is 6.07. The Balaban J connectivity index is 1.91. The molecule has 0 N–H and O–H groups in total. The summed E-state index contributed by atoms with van der Waals surface area (Å²) >= 11 is 0. The van der Waals surface area contributed by atoms with Gasteiger partial charge in [0.25, 0.3) is 0 Å². The van der Waals surface area contributed by atoms with E-state index in [0.29, 0.717) is 5.57 Å². The fourth-order valence-corrected chi connectivity index (χ4v) is 3.53. The van der Waals surface area contributed by atoms with Crippen molar-refractivity contribution in [2.45, 2.75) is 12.5 Å². The van der Waals surface area contributed by atoms with Crippen LogP contribution in [0.2, 0.25) is 0 Å². The van der Waals surface area contributed by atoms with Crippen LogP contribution in [0.4, 0.5) is 0 Å². The molecule has 4 heteroatoms. The van der Waals surface area contributed by atoms with Crippen LogP contribution in [-0.2, 0) is 14.3 Å². The summed E-state index contributed by atoms with van der Waals surface area (Å²) in [5.74, 6) is 0.0292. The molecular formula is C20H16O4. The lowest BCUT2D eigenvalue weighted by Crippen LogP contribution is -2.32. The molecule has 5 rings (SSSR count). The van der Waals surface area contributed by atoms with Gasteiger partial charge in [0.15, 0.2) is 11.4 Å². The van der Waals surface area contributed by atoms with Crippen molar-refractivity contribution in [3.8, 4) is 5.75 Å². The summed E-state index contributed by atoms with van der Waals surface area (Å²) in [6, 6.07) is 7.61. The zero-order chi connectivity index (χ0) is 16.9. The van der Waals surface area contributed by atoms with Crippen LogP contribution in [0, 0.1) is 5.92 Å². The van der Waals surface area contributed by atoms with E-state index in [2.05, 4.69) is 6.08 Å². The Morgan fingerprint density at radius 2 is 1.96 bits per heavy atom. The maximum Gasteiger partial charge on any atom is 0.343 e. The second kappa shape index (κ2) is 5.06. The van der Waals surface area contributed by atoms with Gasteiger partial charge in [0.05, 0.1) is 7.11 Å². The molecule has 0 unspecified atom stereocenters. The summed E-state index contributed by atoms with van der Waals surface area (Å²) in [4.78, 5) is 24.3. The molecule has 3 aliphatic carbocycles. The lowest BCUT2D eigenvalue weighted by molar-refractivity contribution is -0.141. The zero-order valence-electron chi connectivity index (χ0n) is 13.4. The van der Waals surface area contributed by atoms with Crippen LogP contribution >= 0.6 is 0 Å². The molecule has 2 atom stereocenters. The summed E-state index contributed by atoms with van der Waals surface area (Å²) in [6.07, 6.45) is 9.78. The van der Waals surface area contributed by atoms with Crippen molar-refractivity contribution in [3.63, 3.8) is 0 Å². The lowest BCUT2D eigenvalue weighted by Gasteiger charge is -2.31. The second-order valence-corrected chi connectivity index (χ2v) is 6.07. The highest BCUT2D eigenvalue weighted by Gasteiger charge is 2.51. The first-order valence-corrected chi connectivity index (χ1v) is 7.78. The molecule has 0 radical (unpaired) electrons. The predicted molar refractivity (Wildman–Crippen MR) is 89.3 cm³/mol. The molecule has 1 aliphatic heterocycles. The summed E-state index contributed by atoms with van der Waals surface area (Å²) in [6.45, 7) is 1.40. The number of benzene rings is 1. The minimum Gasteiger partial charge on any atom is -0.497 e. The topological polar surface area (TPSA) is 52.6 Å². The van der Waals surface area contributed by atoms with Gasteiger partial charge in [-0.25, -0.2) is 4.79 Å². The van der Waals surface area contributed by atoms with Gasteiger partial charge >= 0.3 is 5.97 Å². The van der Waals surface area contributed by atoms with Crippen molar-refractivity contribution >= 4 is 17.3 Å². The number of carbonyl (C=O) groups is 2. The number of carbonyl (C=O) groups excluding carboxylic acids is 2. The number of allylic oxidation sites excluding steroid dienone is 3. The van der Waals surface area contributed by atoms with E-state index in [1.807, 2.05) is 48.6 Å². The van der Waals surface area contributed by atoms with Crippen molar-refractivity contribution in [3.05, 3.63) is 71.4 Å². The van der Waals surface area contributed by atoms with E-state index in [0.717, 1.165) is 16.9 Å². The van der Waals surface area contributed by atoms with Gasteiger partial charge in [-0.15, -0.1) is 0 Å². The fraction of sp³-hybridized carbons (Fsp3) is 0.200. The van der Waals surface area contributed by atoms with Gasteiger partial charge in [0, 0.05) is 17.1 Å². The zero-order valence-corrected chi connectivity index (χ0v) is 13.4. The smallest absolute Gasteiger partial charge is 0.343 e. The molecule has 1 heterocycles. The predicted octanol–water partition coefficient (Wildman–Crippen LogP) is 3.02. The van der Waals surface area contributed by atoms with E-state index in [1.165, 1.54) is 6.92 Å². The normalized spacial score (nSPS) is 26.8. The first kappa shape index (κ1) is 14.7. The Morgan fingerprint density at radius 1 is 1.21 bits per heavy atom. The molecule has 1 spiro atoms. The Labute approximate surface area is 139 Å². The lowest BCUT2D eigenvalue weighted by atomic mass is 9.78. The number of ketones is 1. The molecule has 0 amide bonds. The first-order valence-electron chi connectivity index (χ1n) is 7.78. The van der Waals surface area contributed by atoms with Gasteiger partial charge in [0.2, 0.25) is 0 Å². The van der Waals surface area contributed by atoms with Crippen LogP contribution in [-0.4, -0.2) is 24.5 Å². The number of methoxy groups -OCH3 is 1. The van der Waals surface area contributed by atoms with Crippen LogP contribution in [0.5, 0.6) is 5.75 Å². The summed E-state index contributed by atoms with van der Waals surface area (Å²) in [7, 11) is 1.62. The standard InChI is InChI=1S/C20H16O4/c1-12(21)18-16-8-3-13-9-10-20(16,24-19(18)22)17(11-13)14-4-6-15(23-2)7-5-14/h3-11,13H,1-2H3/t13-,20+/m0/s1. The Morgan fingerprint density at radius 3 is 2.62 bits per heavy atom. The molecule has 0 saturated carbocycles. The molecule has 1 aromatic rings. The maximum atomic E-state index is 12.3. The number of rotatable bonds is 3. The average Bonchev–Trinajstić information content (AvgIpc) is 2.69.